The summed E-state index contributed by atoms with van der Waals surface area (Å²) in [4.78, 5) is 15.2. The van der Waals surface area contributed by atoms with Crippen LogP contribution in [0.3, 0.4) is 0 Å². The molecule has 1 aliphatic heterocycles. The minimum Gasteiger partial charge on any atom is -0.358 e. The van der Waals surface area contributed by atoms with Gasteiger partial charge < -0.3 is 4.98 Å². The fourth-order valence-electron chi connectivity index (χ4n) is 3.82. The number of allylic oxidation sites excluding steroid dienone is 2. The molecule has 0 aromatic carbocycles. The van der Waals surface area contributed by atoms with E-state index in [9.17, 15) is 13.2 Å². The molecule has 1 aromatic rings. The number of aromatic amines is 1. The van der Waals surface area contributed by atoms with Crippen molar-refractivity contribution in [1.82, 2.24) is 9.29 Å². The van der Waals surface area contributed by atoms with Crippen LogP contribution in [0.25, 0.3) is 0 Å². The third-order valence-corrected chi connectivity index (χ3v) is 5.80. The molecule has 0 radical (unpaired) electrons. The molecule has 100 valence electrons. The zero-order valence-electron chi connectivity index (χ0n) is 10.7. The Morgan fingerprint density at radius 1 is 1.47 bits per heavy atom. The summed E-state index contributed by atoms with van der Waals surface area (Å²) >= 11 is 0. The Balaban J connectivity index is 1.97. The first kappa shape index (κ1) is 11.3. The molecule has 0 unspecified atom stereocenters. The average molecular weight is 278 g/mol. The predicted molar refractivity (Wildman–Crippen MR) is 69.3 cm³/mol. The molecule has 2 atom stereocenters. The minimum atomic E-state index is -3.30. The Bertz CT molecular complexity index is 759. The second-order valence-corrected chi connectivity index (χ2v) is 7.69. The Kier molecular flexibility index (Phi) is 1.75. The van der Waals surface area contributed by atoms with E-state index in [4.69, 9.17) is 0 Å². The first-order valence-corrected chi connectivity index (χ1v) is 8.13. The van der Waals surface area contributed by atoms with Gasteiger partial charge in [0.2, 0.25) is 15.8 Å². The van der Waals surface area contributed by atoms with Crippen molar-refractivity contribution in [3.8, 4) is 0 Å². The maximum absolute atomic E-state index is 12.1. The molecular weight excluding hydrogens is 264 g/mol. The molecule has 1 saturated heterocycles. The lowest BCUT2D eigenvalue weighted by atomic mass is 9.83. The number of carbonyl (C=O) groups excluding carboxylic acids is 1. The van der Waals surface area contributed by atoms with Gasteiger partial charge in [0.05, 0.1) is 11.9 Å². The summed E-state index contributed by atoms with van der Waals surface area (Å²) in [5.41, 5.74) is 3.16. The number of sulfonamides is 1. The zero-order chi connectivity index (χ0) is 13.6. The molecule has 0 amide bonds. The van der Waals surface area contributed by atoms with Gasteiger partial charge in [-0.25, -0.2) is 8.42 Å². The number of hydrogen-bond donors (Lipinski definition) is 1. The highest BCUT2D eigenvalue weighted by Crippen LogP contribution is 2.67. The van der Waals surface area contributed by atoms with Gasteiger partial charge in [0.1, 0.15) is 0 Å². The van der Waals surface area contributed by atoms with Crippen molar-refractivity contribution in [1.29, 1.82) is 0 Å². The highest BCUT2D eigenvalue weighted by Gasteiger charge is 2.68. The summed E-state index contributed by atoms with van der Waals surface area (Å²) in [6.07, 6.45) is 5.50. The minimum absolute atomic E-state index is 0.120. The van der Waals surface area contributed by atoms with Crippen LogP contribution in [0.5, 0.6) is 0 Å². The summed E-state index contributed by atoms with van der Waals surface area (Å²) in [6, 6.07) is 0. The number of H-pyrrole nitrogens is 1. The molecule has 4 rings (SSSR count). The Hall–Kier alpha value is -1.56. The number of fused-ring (bicyclic) bond motifs is 1. The lowest BCUT2D eigenvalue weighted by Gasteiger charge is -2.28. The number of aryl methyl sites for hydroxylation is 1. The first-order valence-electron chi connectivity index (χ1n) is 6.28. The molecule has 0 bridgehead atoms. The molecule has 5 nitrogen and oxygen atoms in total. The number of aromatic nitrogens is 1. The van der Waals surface area contributed by atoms with Crippen molar-refractivity contribution in [2.24, 2.45) is 5.92 Å². The fourth-order valence-corrected chi connectivity index (χ4v) is 4.85. The van der Waals surface area contributed by atoms with Crippen molar-refractivity contribution in [2.75, 3.05) is 12.8 Å². The lowest BCUT2D eigenvalue weighted by Crippen LogP contribution is -2.33. The molecule has 2 aliphatic carbocycles. The van der Waals surface area contributed by atoms with Crippen LogP contribution in [0.15, 0.2) is 18.0 Å². The van der Waals surface area contributed by atoms with Crippen molar-refractivity contribution >= 4 is 15.8 Å². The molecular formula is C13H14N2O3S. The SMILES string of the molecule is Cc1c[nH]c2c1[C@@]13C[C@@H]1CN(S(C)(=O)=O)C3=CC2=O. The van der Waals surface area contributed by atoms with Crippen molar-refractivity contribution < 1.29 is 13.2 Å². The predicted octanol–water partition coefficient (Wildman–Crippen LogP) is 0.936. The van der Waals surface area contributed by atoms with E-state index in [1.165, 1.54) is 16.6 Å². The summed E-state index contributed by atoms with van der Waals surface area (Å²) in [5, 5.41) is 0. The first-order chi connectivity index (χ1) is 8.85. The normalized spacial score (nSPS) is 31.7. The van der Waals surface area contributed by atoms with Crippen molar-refractivity contribution in [3.63, 3.8) is 0 Å². The van der Waals surface area contributed by atoms with Gasteiger partial charge in [-0.15, -0.1) is 0 Å². The lowest BCUT2D eigenvalue weighted by molar-refractivity contribution is 0.103. The van der Waals surface area contributed by atoms with E-state index in [2.05, 4.69) is 4.98 Å². The maximum atomic E-state index is 12.1. The van der Waals surface area contributed by atoms with Crippen LogP contribution >= 0.6 is 0 Å². The highest BCUT2D eigenvalue weighted by atomic mass is 32.2. The van der Waals surface area contributed by atoms with Gasteiger partial charge in [-0.3, -0.25) is 9.10 Å². The van der Waals surface area contributed by atoms with Gasteiger partial charge in [0.25, 0.3) is 0 Å². The van der Waals surface area contributed by atoms with Gasteiger partial charge in [0, 0.05) is 29.9 Å². The molecule has 1 N–H and O–H groups in total. The zero-order valence-corrected chi connectivity index (χ0v) is 11.5. The standard InChI is InChI=1S/C13H14N2O3S/c1-7-5-14-12-9(16)3-10-13(11(7)12)4-8(13)6-15(10)19(2,17)18/h3,5,8,14H,4,6H2,1-2H3/t8-,13+/m1/s1. The van der Waals surface area contributed by atoms with Crippen LogP contribution in [0.4, 0.5) is 0 Å². The number of ketones is 1. The fraction of sp³-hybridized carbons (Fsp3) is 0.462. The van der Waals surface area contributed by atoms with Crippen molar-refractivity contribution in [2.45, 2.75) is 18.8 Å². The molecule has 1 aromatic heterocycles. The van der Waals surface area contributed by atoms with Crippen LogP contribution in [0.1, 0.15) is 28.0 Å². The summed E-state index contributed by atoms with van der Waals surface area (Å²) in [7, 11) is -3.30. The molecule has 6 heteroatoms. The highest BCUT2D eigenvalue weighted by molar-refractivity contribution is 7.88. The largest absolute Gasteiger partial charge is 0.358 e. The second-order valence-electron chi connectivity index (χ2n) is 5.78. The van der Waals surface area contributed by atoms with Crippen molar-refractivity contribution in [3.05, 3.63) is 34.8 Å². The molecule has 1 saturated carbocycles. The Morgan fingerprint density at radius 3 is 2.89 bits per heavy atom. The van der Waals surface area contributed by atoms with E-state index in [1.54, 1.807) is 0 Å². The molecule has 2 heterocycles. The average Bonchev–Trinajstić information content (AvgIpc) is 2.69. The van der Waals surface area contributed by atoms with Crippen LogP contribution in [-0.4, -0.2) is 36.3 Å². The quantitative estimate of drug-likeness (QED) is 0.831. The topological polar surface area (TPSA) is 70.2 Å². The molecule has 2 fully saturated rings. The number of piperidine rings is 1. The van der Waals surface area contributed by atoms with E-state index in [0.29, 0.717) is 23.9 Å². The maximum Gasteiger partial charge on any atom is 0.232 e. The van der Waals surface area contributed by atoms with Crippen LogP contribution in [0.2, 0.25) is 0 Å². The van der Waals surface area contributed by atoms with Gasteiger partial charge >= 0.3 is 0 Å². The number of carbonyl (C=O) groups is 1. The number of hydrogen-bond acceptors (Lipinski definition) is 3. The summed E-state index contributed by atoms with van der Waals surface area (Å²) < 4.78 is 25.1. The van der Waals surface area contributed by atoms with E-state index < -0.39 is 10.0 Å². The van der Waals surface area contributed by atoms with Gasteiger partial charge in [-0.05, 0) is 30.4 Å². The molecule has 19 heavy (non-hydrogen) atoms. The van der Waals surface area contributed by atoms with Crippen LogP contribution in [-0.2, 0) is 15.4 Å². The Morgan fingerprint density at radius 2 is 2.21 bits per heavy atom. The van der Waals surface area contributed by atoms with Gasteiger partial charge in [0.15, 0.2) is 0 Å². The van der Waals surface area contributed by atoms with E-state index in [0.717, 1.165) is 17.5 Å². The number of nitrogens with one attached hydrogen (secondary N) is 1. The number of rotatable bonds is 1. The Labute approximate surface area is 111 Å². The summed E-state index contributed by atoms with van der Waals surface area (Å²) in [5.74, 6) is 0.194. The van der Waals surface area contributed by atoms with Gasteiger partial charge in [-0.2, -0.15) is 0 Å². The van der Waals surface area contributed by atoms with Gasteiger partial charge in [-0.1, -0.05) is 0 Å². The second kappa shape index (κ2) is 2.95. The van der Waals surface area contributed by atoms with E-state index >= 15 is 0 Å². The van der Waals surface area contributed by atoms with E-state index in [-0.39, 0.29) is 11.2 Å². The molecule has 3 aliphatic rings. The monoisotopic (exact) mass is 278 g/mol. The number of nitrogens with zero attached hydrogens (tertiary/aromatic N) is 1. The smallest absolute Gasteiger partial charge is 0.232 e. The third kappa shape index (κ3) is 1.16. The van der Waals surface area contributed by atoms with Crippen LogP contribution in [0, 0.1) is 12.8 Å². The molecule has 1 spiro atoms. The van der Waals surface area contributed by atoms with Crippen LogP contribution < -0.4 is 0 Å². The summed E-state index contributed by atoms with van der Waals surface area (Å²) in [6.45, 7) is 2.47. The third-order valence-electron chi connectivity index (χ3n) is 4.66. The van der Waals surface area contributed by atoms with E-state index in [1.807, 2.05) is 13.1 Å².